The molecule has 1 aromatic heterocycles. The second-order valence-electron chi connectivity index (χ2n) is 5.97. The Kier molecular flexibility index (Phi) is 4.81. The number of amides is 1. The maximum absolute atomic E-state index is 12.2. The number of hydrogen-bond acceptors (Lipinski definition) is 4. The molecule has 4 nitrogen and oxygen atoms in total. The van der Waals surface area contributed by atoms with E-state index in [1.165, 1.54) is 16.9 Å². The third kappa shape index (κ3) is 3.74. The number of nitrogens with one attached hydrogen (secondary N) is 1. The number of fused-ring (bicyclic) bond motifs is 1. The Labute approximate surface area is 145 Å². The van der Waals surface area contributed by atoms with Crippen molar-refractivity contribution >= 4 is 32.6 Å². The van der Waals surface area contributed by atoms with Crippen molar-refractivity contribution in [3.63, 3.8) is 0 Å². The van der Waals surface area contributed by atoms with E-state index < -0.39 is 0 Å². The van der Waals surface area contributed by atoms with Gasteiger partial charge in [-0.15, -0.1) is 0 Å². The van der Waals surface area contributed by atoms with E-state index >= 15 is 0 Å². The van der Waals surface area contributed by atoms with Crippen molar-refractivity contribution in [2.45, 2.75) is 26.2 Å². The van der Waals surface area contributed by atoms with E-state index in [2.05, 4.69) is 36.3 Å². The zero-order valence-corrected chi connectivity index (χ0v) is 14.8. The Balaban J connectivity index is 1.68. The van der Waals surface area contributed by atoms with Crippen molar-refractivity contribution in [2.75, 3.05) is 12.4 Å². The van der Waals surface area contributed by atoms with Gasteiger partial charge in [0.05, 0.1) is 23.7 Å². The third-order valence-electron chi connectivity index (χ3n) is 3.85. The van der Waals surface area contributed by atoms with E-state index in [4.69, 9.17) is 4.74 Å². The lowest BCUT2D eigenvalue weighted by atomic mass is 10.0. The standard InChI is InChI=1S/C19H20N2O2S/c1-12(2)14-6-4-13(5-7-14)10-18(22)21-19-20-16-9-8-15(23-3)11-17(16)24-19/h4-9,11-12H,10H2,1-3H3,(H,20,21,22). The first-order valence-electron chi connectivity index (χ1n) is 7.88. The summed E-state index contributed by atoms with van der Waals surface area (Å²) in [5.41, 5.74) is 3.14. The maximum atomic E-state index is 12.2. The Bertz CT molecular complexity index is 853. The molecule has 0 saturated heterocycles. The van der Waals surface area contributed by atoms with Crippen LogP contribution in [0.2, 0.25) is 0 Å². The smallest absolute Gasteiger partial charge is 0.230 e. The molecule has 0 atom stereocenters. The lowest BCUT2D eigenvalue weighted by molar-refractivity contribution is -0.115. The highest BCUT2D eigenvalue weighted by atomic mass is 32.1. The fraction of sp³-hybridized carbons (Fsp3) is 0.263. The molecule has 3 aromatic rings. The van der Waals surface area contributed by atoms with Crippen molar-refractivity contribution in [3.05, 3.63) is 53.6 Å². The number of nitrogens with zero attached hydrogens (tertiary/aromatic N) is 1. The van der Waals surface area contributed by atoms with E-state index in [0.29, 0.717) is 17.5 Å². The molecule has 0 bridgehead atoms. The fourth-order valence-electron chi connectivity index (χ4n) is 2.45. The maximum Gasteiger partial charge on any atom is 0.230 e. The summed E-state index contributed by atoms with van der Waals surface area (Å²) in [5.74, 6) is 1.22. The van der Waals surface area contributed by atoms with Gasteiger partial charge >= 0.3 is 0 Å². The number of hydrogen-bond donors (Lipinski definition) is 1. The summed E-state index contributed by atoms with van der Waals surface area (Å²) in [6, 6.07) is 13.9. The van der Waals surface area contributed by atoms with Crippen molar-refractivity contribution in [1.29, 1.82) is 0 Å². The van der Waals surface area contributed by atoms with Crippen molar-refractivity contribution in [1.82, 2.24) is 4.98 Å². The summed E-state index contributed by atoms with van der Waals surface area (Å²) in [6.07, 6.45) is 0.345. The van der Waals surface area contributed by atoms with Gasteiger partial charge < -0.3 is 10.1 Å². The summed E-state index contributed by atoms with van der Waals surface area (Å²) >= 11 is 1.45. The van der Waals surface area contributed by atoms with Gasteiger partial charge in [0, 0.05) is 0 Å². The van der Waals surface area contributed by atoms with Crippen LogP contribution in [0.3, 0.4) is 0 Å². The molecule has 0 aliphatic rings. The Morgan fingerprint density at radius 1 is 1.21 bits per heavy atom. The van der Waals surface area contributed by atoms with Crippen LogP contribution in [0.1, 0.15) is 30.9 Å². The number of anilines is 1. The molecule has 124 valence electrons. The second kappa shape index (κ2) is 7.01. The van der Waals surface area contributed by atoms with E-state index in [1.807, 2.05) is 30.3 Å². The first kappa shape index (κ1) is 16.5. The van der Waals surface area contributed by atoms with Crippen LogP contribution in [0.15, 0.2) is 42.5 Å². The van der Waals surface area contributed by atoms with Gasteiger partial charge in [-0.1, -0.05) is 49.4 Å². The van der Waals surface area contributed by atoms with E-state index in [-0.39, 0.29) is 5.91 Å². The Hall–Kier alpha value is -2.40. The molecular formula is C19H20N2O2S. The summed E-state index contributed by atoms with van der Waals surface area (Å²) in [4.78, 5) is 16.7. The molecule has 1 heterocycles. The van der Waals surface area contributed by atoms with Crippen LogP contribution in [-0.4, -0.2) is 18.0 Å². The van der Waals surface area contributed by atoms with Gasteiger partial charge in [0.1, 0.15) is 5.75 Å². The molecule has 2 aromatic carbocycles. The summed E-state index contributed by atoms with van der Waals surface area (Å²) in [7, 11) is 1.63. The van der Waals surface area contributed by atoms with Gasteiger partial charge in [0.25, 0.3) is 0 Å². The van der Waals surface area contributed by atoms with Gasteiger partial charge in [0.15, 0.2) is 5.13 Å². The van der Waals surface area contributed by atoms with Gasteiger partial charge in [-0.2, -0.15) is 0 Å². The second-order valence-corrected chi connectivity index (χ2v) is 7.00. The number of carbonyl (C=O) groups is 1. The van der Waals surface area contributed by atoms with Crippen LogP contribution in [0, 0.1) is 0 Å². The largest absolute Gasteiger partial charge is 0.497 e. The molecule has 0 saturated carbocycles. The van der Waals surface area contributed by atoms with Crippen LogP contribution in [0.5, 0.6) is 5.75 Å². The minimum atomic E-state index is -0.0571. The molecular weight excluding hydrogens is 320 g/mol. The zero-order valence-electron chi connectivity index (χ0n) is 14.0. The van der Waals surface area contributed by atoms with Crippen molar-refractivity contribution < 1.29 is 9.53 Å². The molecule has 5 heteroatoms. The minimum Gasteiger partial charge on any atom is -0.497 e. The topological polar surface area (TPSA) is 51.2 Å². The predicted octanol–water partition coefficient (Wildman–Crippen LogP) is 4.61. The number of aromatic nitrogens is 1. The fourth-order valence-corrected chi connectivity index (χ4v) is 3.37. The van der Waals surface area contributed by atoms with Crippen LogP contribution < -0.4 is 10.1 Å². The monoisotopic (exact) mass is 340 g/mol. The minimum absolute atomic E-state index is 0.0571. The lowest BCUT2D eigenvalue weighted by Gasteiger charge is -2.06. The number of methoxy groups -OCH3 is 1. The summed E-state index contributed by atoms with van der Waals surface area (Å²) < 4.78 is 6.20. The molecule has 0 aliphatic heterocycles. The average molecular weight is 340 g/mol. The molecule has 0 aliphatic carbocycles. The van der Waals surface area contributed by atoms with Gasteiger partial charge in [-0.3, -0.25) is 4.79 Å². The average Bonchev–Trinajstić information content (AvgIpc) is 2.96. The number of benzene rings is 2. The van der Waals surface area contributed by atoms with E-state index in [9.17, 15) is 4.79 Å². The molecule has 0 spiro atoms. The van der Waals surface area contributed by atoms with Crippen LogP contribution in [0.4, 0.5) is 5.13 Å². The number of rotatable bonds is 5. The molecule has 1 amide bonds. The molecule has 1 N–H and O–H groups in total. The molecule has 0 unspecified atom stereocenters. The Morgan fingerprint density at radius 3 is 2.62 bits per heavy atom. The quantitative estimate of drug-likeness (QED) is 0.738. The number of ether oxygens (including phenoxy) is 1. The number of thiazole rings is 1. The highest BCUT2D eigenvalue weighted by molar-refractivity contribution is 7.22. The predicted molar refractivity (Wildman–Crippen MR) is 99.0 cm³/mol. The van der Waals surface area contributed by atoms with Crippen molar-refractivity contribution in [3.8, 4) is 5.75 Å². The summed E-state index contributed by atoms with van der Waals surface area (Å²) in [5, 5.41) is 3.50. The molecule has 3 rings (SSSR count). The number of carbonyl (C=O) groups excluding carboxylic acids is 1. The van der Waals surface area contributed by atoms with Gasteiger partial charge in [-0.25, -0.2) is 4.98 Å². The van der Waals surface area contributed by atoms with Gasteiger partial charge in [0.2, 0.25) is 5.91 Å². The highest BCUT2D eigenvalue weighted by Gasteiger charge is 2.10. The lowest BCUT2D eigenvalue weighted by Crippen LogP contribution is -2.14. The van der Waals surface area contributed by atoms with Gasteiger partial charge in [-0.05, 0) is 35.2 Å². The SMILES string of the molecule is COc1ccc2nc(NC(=O)Cc3ccc(C(C)C)cc3)sc2c1. The summed E-state index contributed by atoms with van der Waals surface area (Å²) in [6.45, 7) is 4.31. The first-order chi connectivity index (χ1) is 11.5. The molecule has 0 radical (unpaired) electrons. The van der Waals surface area contributed by atoms with Crippen LogP contribution >= 0.6 is 11.3 Å². The van der Waals surface area contributed by atoms with E-state index in [1.54, 1.807) is 7.11 Å². The van der Waals surface area contributed by atoms with Crippen molar-refractivity contribution in [2.24, 2.45) is 0 Å². The molecule has 24 heavy (non-hydrogen) atoms. The van der Waals surface area contributed by atoms with Crippen LogP contribution in [-0.2, 0) is 11.2 Å². The van der Waals surface area contributed by atoms with E-state index in [0.717, 1.165) is 21.5 Å². The van der Waals surface area contributed by atoms with Crippen LogP contribution in [0.25, 0.3) is 10.2 Å². The first-order valence-corrected chi connectivity index (χ1v) is 8.70. The third-order valence-corrected chi connectivity index (χ3v) is 4.79. The Morgan fingerprint density at radius 2 is 1.96 bits per heavy atom. The molecule has 0 fully saturated rings. The normalized spacial score (nSPS) is 11.0. The zero-order chi connectivity index (χ0) is 17.1. The highest BCUT2D eigenvalue weighted by Crippen LogP contribution is 2.29.